The van der Waals surface area contributed by atoms with Crippen molar-refractivity contribution in [2.75, 3.05) is 19.6 Å². The van der Waals surface area contributed by atoms with Crippen LogP contribution in [0, 0.1) is 6.92 Å². The van der Waals surface area contributed by atoms with Crippen LogP contribution in [0.4, 0.5) is 4.79 Å². The number of hydrogen-bond acceptors (Lipinski definition) is 5. The van der Waals surface area contributed by atoms with Crippen molar-refractivity contribution >= 4 is 40.8 Å². The fourth-order valence-electron chi connectivity index (χ4n) is 2.73. The Bertz CT molecular complexity index is 987. The Labute approximate surface area is 178 Å². The number of benzene rings is 2. The molecule has 1 fully saturated rings. The molecule has 7 nitrogen and oxygen atoms in total. The molecule has 2 aromatic carbocycles. The van der Waals surface area contributed by atoms with Crippen LogP contribution >= 0.6 is 11.8 Å². The van der Waals surface area contributed by atoms with Gasteiger partial charge in [0.05, 0.1) is 11.4 Å². The van der Waals surface area contributed by atoms with E-state index in [4.69, 9.17) is 0 Å². The summed E-state index contributed by atoms with van der Waals surface area (Å²) in [6.45, 7) is 1.95. The summed E-state index contributed by atoms with van der Waals surface area (Å²) < 4.78 is 0. The first-order chi connectivity index (χ1) is 14.4. The number of rotatable bonds is 7. The first kappa shape index (κ1) is 21.3. The lowest BCUT2D eigenvalue weighted by atomic mass is 10.1. The Kier molecular flexibility index (Phi) is 7.03. The average Bonchev–Trinajstić information content (AvgIpc) is 3.01. The highest BCUT2D eigenvalue weighted by Gasteiger charge is 2.34. The molecule has 0 spiro atoms. The van der Waals surface area contributed by atoms with Gasteiger partial charge in [-0.2, -0.15) is 0 Å². The SMILES string of the molecule is Cc1ccc(/C=C2/SC(=O)N(CCNC(=O)CNC(=O)c3ccccc3)C2=O)cc1. The van der Waals surface area contributed by atoms with Gasteiger partial charge >= 0.3 is 0 Å². The molecule has 0 unspecified atom stereocenters. The molecule has 3 rings (SSSR count). The zero-order chi connectivity index (χ0) is 21.5. The van der Waals surface area contributed by atoms with Gasteiger partial charge in [-0.05, 0) is 42.5 Å². The predicted molar refractivity (Wildman–Crippen MR) is 116 cm³/mol. The van der Waals surface area contributed by atoms with Gasteiger partial charge in [-0.3, -0.25) is 24.1 Å². The Morgan fingerprint density at radius 1 is 1.00 bits per heavy atom. The number of carbonyl (C=O) groups excluding carboxylic acids is 4. The molecular formula is C22H21N3O4S. The van der Waals surface area contributed by atoms with Crippen LogP contribution in [0.15, 0.2) is 59.5 Å². The molecule has 0 saturated carbocycles. The van der Waals surface area contributed by atoms with Gasteiger partial charge < -0.3 is 10.6 Å². The van der Waals surface area contributed by atoms with E-state index in [9.17, 15) is 19.2 Å². The number of thioether (sulfide) groups is 1. The van der Waals surface area contributed by atoms with Crippen molar-refractivity contribution in [3.8, 4) is 0 Å². The van der Waals surface area contributed by atoms with E-state index in [2.05, 4.69) is 10.6 Å². The summed E-state index contributed by atoms with van der Waals surface area (Å²) in [5, 5.41) is 4.75. The van der Waals surface area contributed by atoms with Crippen LogP contribution in [0.2, 0.25) is 0 Å². The summed E-state index contributed by atoms with van der Waals surface area (Å²) in [6, 6.07) is 16.2. The van der Waals surface area contributed by atoms with E-state index in [0.717, 1.165) is 27.8 Å². The van der Waals surface area contributed by atoms with Crippen LogP contribution in [0.1, 0.15) is 21.5 Å². The molecule has 8 heteroatoms. The van der Waals surface area contributed by atoms with Gasteiger partial charge in [0, 0.05) is 18.7 Å². The molecule has 0 radical (unpaired) electrons. The number of carbonyl (C=O) groups is 4. The zero-order valence-corrected chi connectivity index (χ0v) is 17.2. The quantitative estimate of drug-likeness (QED) is 0.668. The average molecular weight is 423 g/mol. The Hall–Kier alpha value is -3.39. The van der Waals surface area contributed by atoms with Crippen LogP contribution in [0.3, 0.4) is 0 Å². The fourth-order valence-corrected chi connectivity index (χ4v) is 3.59. The molecule has 0 bridgehead atoms. The van der Waals surface area contributed by atoms with Crippen molar-refractivity contribution in [1.29, 1.82) is 0 Å². The minimum absolute atomic E-state index is 0.0638. The summed E-state index contributed by atoms with van der Waals surface area (Å²) in [7, 11) is 0. The van der Waals surface area contributed by atoms with Gasteiger partial charge in [0.25, 0.3) is 17.1 Å². The third kappa shape index (κ3) is 5.57. The molecule has 0 aromatic heterocycles. The van der Waals surface area contributed by atoms with Crippen molar-refractivity contribution in [3.05, 3.63) is 76.2 Å². The molecule has 1 saturated heterocycles. The normalized spacial score (nSPS) is 14.8. The van der Waals surface area contributed by atoms with E-state index in [0.29, 0.717) is 10.5 Å². The third-order valence-corrected chi connectivity index (χ3v) is 5.26. The number of amides is 4. The molecule has 2 aromatic rings. The number of nitrogens with one attached hydrogen (secondary N) is 2. The Morgan fingerprint density at radius 2 is 1.70 bits per heavy atom. The Balaban J connectivity index is 1.45. The number of nitrogens with zero attached hydrogens (tertiary/aromatic N) is 1. The highest BCUT2D eigenvalue weighted by Crippen LogP contribution is 2.31. The zero-order valence-electron chi connectivity index (χ0n) is 16.4. The molecule has 1 aliphatic rings. The van der Waals surface area contributed by atoms with Crippen LogP contribution in [0.5, 0.6) is 0 Å². The number of imide groups is 1. The topological polar surface area (TPSA) is 95.6 Å². The highest BCUT2D eigenvalue weighted by molar-refractivity contribution is 8.18. The van der Waals surface area contributed by atoms with E-state index >= 15 is 0 Å². The lowest BCUT2D eigenvalue weighted by Crippen LogP contribution is -2.41. The van der Waals surface area contributed by atoms with E-state index in [1.807, 2.05) is 31.2 Å². The second-order valence-electron chi connectivity index (χ2n) is 6.64. The monoisotopic (exact) mass is 423 g/mol. The van der Waals surface area contributed by atoms with E-state index in [1.54, 1.807) is 36.4 Å². The lowest BCUT2D eigenvalue weighted by Gasteiger charge is -2.13. The summed E-state index contributed by atoms with van der Waals surface area (Å²) in [6.07, 6.45) is 1.68. The smallest absolute Gasteiger partial charge is 0.293 e. The van der Waals surface area contributed by atoms with E-state index in [-0.39, 0.29) is 36.7 Å². The minimum Gasteiger partial charge on any atom is -0.353 e. The third-order valence-electron chi connectivity index (χ3n) is 4.35. The van der Waals surface area contributed by atoms with Crippen LogP contribution in [-0.4, -0.2) is 47.5 Å². The summed E-state index contributed by atoms with van der Waals surface area (Å²) >= 11 is 0.880. The molecule has 0 aliphatic carbocycles. The molecule has 154 valence electrons. The van der Waals surface area contributed by atoms with Crippen molar-refractivity contribution in [2.45, 2.75) is 6.92 Å². The Morgan fingerprint density at radius 3 is 2.40 bits per heavy atom. The molecule has 2 N–H and O–H groups in total. The minimum atomic E-state index is -0.401. The van der Waals surface area contributed by atoms with Gasteiger partial charge in [-0.25, -0.2) is 0 Å². The van der Waals surface area contributed by atoms with Crippen molar-refractivity contribution in [3.63, 3.8) is 0 Å². The second-order valence-corrected chi connectivity index (χ2v) is 7.64. The lowest BCUT2D eigenvalue weighted by molar-refractivity contribution is -0.124. The van der Waals surface area contributed by atoms with Gasteiger partial charge in [0.2, 0.25) is 5.91 Å². The standard InChI is InChI=1S/C22H21N3O4S/c1-15-7-9-16(10-8-15)13-18-21(28)25(22(29)30-18)12-11-23-19(26)14-24-20(27)17-5-3-2-4-6-17/h2-10,13H,11-12,14H2,1H3,(H,23,26)(H,24,27)/b18-13+. The molecule has 1 aliphatic heterocycles. The van der Waals surface area contributed by atoms with Gasteiger partial charge in [-0.15, -0.1) is 0 Å². The first-order valence-electron chi connectivity index (χ1n) is 9.36. The van der Waals surface area contributed by atoms with Gasteiger partial charge in [0.1, 0.15) is 0 Å². The second kappa shape index (κ2) is 9.89. The highest BCUT2D eigenvalue weighted by atomic mass is 32.2. The molecule has 1 heterocycles. The summed E-state index contributed by atoms with van der Waals surface area (Å²) in [5.41, 5.74) is 2.41. The summed E-state index contributed by atoms with van der Waals surface area (Å²) in [4.78, 5) is 49.9. The summed E-state index contributed by atoms with van der Waals surface area (Å²) in [5.74, 6) is -1.13. The number of hydrogen-bond donors (Lipinski definition) is 2. The maximum atomic E-state index is 12.5. The maximum absolute atomic E-state index is 12.5. The van der Waals surface area contributed by atoms with Crippen LogP contribution < -0.4 is 10.6 Å². The first-order valence-corrected chi connectivity index (χ1v) is 10.2. The van der Waals surface area contributed by atoms with Crippen LogP contribution in [-0.2, 0) is 9.59 Å². The molecule has 4 amide bonds. The molecule has 30 heavy (non-hydrogen) atoms. The van der Waals surface area contributed by atoms with Crippen LogP contribution in [0.25, 0.3) is 6.08 Å². The largest absolute Gasteiger partial charge is 0.353 e. The predicted octanol–water partition coefficient (Wildman–Crippen LogP) is 2.58. The molecule has 0 atom stereocenters. The maximum Gasteiger partial charge on any atom is 0.293 e. The van der Waals surface area contributed by atoms with Crippen molar-refractivity contribution in [2.24, 2.45) is 0 Å². The van der Waals surface area contributed by atoms with Gasteiger partial charge in [0.15, 0.2) is 0 Å². The molecular weight excluding hydrogens is 402 g/mol. The number of aryl methyl sites for hydroxylation is 1. The van der Waals surface area contributed by atoms with E-state index < -0.39 is 5.91 Å². The van der Waals surface area contributed by atoms with E-state index in [1.165, 1.54) is 0 Å². The van der Waals surface area contributed by atoms with Gasteiger partial charge in [-0.1, -0.05) is 48.0 Å². The van der Waals surface area contributed by atoms with Crippen molar-refractivity contribution < 1.29 is 19.2 Å². The van der Waals surface area contributed by atoms with Crippen molar-refractivity contribution in [1.82, 2.24) is 15.5 Å². The fraction of sp³-hybridized carbons (Fsp3) is 0.182.